The second-order valence-corrected chi connectivity index (χ2v) is 7.39. The van der Waals surface area contributed by atoms with E-state index in [9.17, 15) is 23.4 Å². The van der Waals surface area contributed by atoms with E-state index in [-0.39, 0.29) is 0 Å². The summed E-state index contributed by atoms with van der Waals surface area (Å²) in [6.07, 6.45) is 0.987. The highest BCUT2D eigenvalue weighted by molar-refractivity contribution is 7.91. The molecular formula is C12H13ClO5S. The van der Waals surface area contributed by atoms with Crippen molar-refractivity contribution in [3.05, 3.63) is 34.9 Å². The lowest BCUT2D eigenvalue weighted by Gasteiger charge is -2.08. The van der Waals surface area contributed by atoms with Crippen LogP contribution < -0.4 is 0 Å². The lowest BCUT2D eigenvalue weighted by molar-refractivity contribution is -0.145. The second kappa shape index (κ2) is 4.47. The Labute approximate surface area is 115 Å². The van der Waals surface area contributed by atoms with Crippen LogP contribution in [0, 0.1) is 5.41 Å². The van der Waals surface area contributed by atoms with Gasteiger partial charge in [0.25, 0.3) is 0 Å². The Morgan fingerprint density at radius 3 is 2.21 bits per heavy atom. The van der Waals surface area contributed by atoms with Crippen molar-refractivity contribution in [1.29, 1.82) is 0 Å². The number of hydrogen-bond acceptors (Lipinski definition) is 4. The summed E-state index contributed by atoms with van der Waals surface area (Å²) in [7, 11) is -3.58. The quantitative estimate of drug-likeness (QED) is 0.863. The molecule has 0 spiro atoms. The molecule has 1 aromatic carbocycles. The fraction of sp³-hybridized carbons (Fsp3) is 0.417. The smallest absolute Gasteiger partial charge is 0.314 e. The predicted molar refractivity (Wildman–Crippen MR) is 70.0 cm³/mol. The first-order chi connectivity index (χ1) is 8.75. The fourth-order valence-corrected chi connectivity index (χ4v) is 4.71. The van der Waals surface area contributed by atoms with Gasteiger partial charge in [-0.25, -0.2) is 8.42 Å². The average Bonchev–Trinajstić information content (AvgIpc) is 3.00. The van der Waals surface area contributed by atoms with E-state index in [1.54, 1.807) is 24.3 Å². The van der Waals surface area contributed by atoms with Crippen LogP contribution in [0.3, 0.4) is 0 Å². The SMILES string of the molecule is CS(=O)(=O)[C@@H]1[C@@H](c2ccc(Cl)cc2)[C@@]1(CO)C(=O)O. The Kier molecular flexibility index (Phi) is 3.36. The number of carboxylic acid groups (broad SMARTS) is 1. The van der Waals surface area contributed by atoms with Crippen molar-refractivity contribution in [2.75, 3.05) is 12.9 Å². The average molecular weight is 305 g/mol. The molecule has 0 heterocycles. The van der Waals surface area contributed by atoms with E-state index in [2.05, 4.69) is 0 Å². The summed E-state index contributed by atoms with van der Waals surface area (Å²) in [5, 5.41) is 18.0. The van der Waals surface area contributed by atoms with E-state index in [1.165, 1.54) is 0 Å². The number of aliphatic carboxylic acids is 1. The Hall–Kier alpha value is -1.11. The standard InChI is InChI=1S/C12H13ClO5S/c1-19(17,18)10-9(12(10,6-14)11(15)16)7-2-4-8(13)5-3-7/h2-5,9-10,14H,6H2,1H3,(H,15,16)/t9-,10-,12-/m1/s1. The number of carbonyl (C=O) groups is 1. The molecule has 1 aliphatic carbocycles. The summed E-state index contributed by atoms with van der Waals surface area (Å²) in [6, 6.07) is 6.31. The van der Waals surface area contributed by atoms with E-state index in [1.807, 2.05) is 0 Å². The van der Waals surface area contributed by atoms with Crippen LogP contribution in [0.15, 0.2) is 24.3 Å². The number of benzene rings is 1. The van der Waals surface area contributed by atoms with Crippen LogP contribution in [0.4, 0.5) is 0 Å². The number of halogens is 1. The van der Waals surface area contributed by atoms with Gasteiger partial charge in [-0.3, -0.25) is 4.79 Å². The molecule has 1 aromatic rings. The molecule has 0 aliphatic heterocycles. The van der Waals surface area contributed by atoms with Crippen molar-refractivity contribution in [2.24, 2.45) is 5.41 Å². The molecule has 1 fully saturated rings. The van der Waals surface area contributed by atoms with Gasteiger partial charge in [0, 0.05) is 17.2 Å². The molecule has 0 unspecified atom stereocenters. The minimum Gasteiger partial charge on any atom is -0.481 e. The van der Waals surface area contributed by atoms with E-state index in [4.69, 9.17) is 11.6 Å². The molecule has 0 saturated heterocycles. The van der Waals surface area contributed by atoms with E-state index in [0.29, 0.717) is 10.6 Å². The van der Waals surface area contributed by atoms with Gasteiger partial charge in [-0.1, -0.05) is 23.7 Å². The molecule has 19 heavy (non-hydrogen) atoms. The Bertz CT molecular complexity index is 610. The first-order valence-corrected chi connectivity index (χ1v) is 7.87. The second-order valence-electron chi connectivity index (χ2n) is 4.78. The minimum atomic E-state index is -3.58. The maximum atomic E-state index is 11.7. The number of aliphatic hydroxyl groups excluding tert-OH is 1. The van der Waals surface area contributed by atoms with Crippen LogP contribution in [0.1, 0.15) is 11.5 Å². The maximum Gasteiger partial charge on any atom is 0.314 e. The fourth-order valence-electron chi connectivity index (χ4n) is 2.69. The van der Waals surface area contributed by atoms with Gasteiger partial charge >= 0.3 is 5.97 Å². The summed E-state index contributed by atoms with van der Waals surface area (Å²) < 4.78 is 23.4. The molecule has 5 nitrogen and oxygen atoms in total. The first kappa shape index (κ1) is 14.3. The molecule has 0 aromatic heterocycles. The van der Waals surface area contributed by atoms with Gasteiger partial charge in [0.05, 0.1) is 11.9 Å². The van der Waals surface area contributed by atoms with E-state index in [0.717, 1.165) is 6.26 Å². The third-order valence-electron chi connectivity index (χ3n) is 3.61. The van der Waals surface area contributed by atoms with Crippen LogP contribution >= 0.6 is 11.6 Å². The van der Waals surface area contributed by atoms with Gasteiger partial charge in [-0.05, 0) is 17.7 Å². The molecule has 0 bridgehead atoms. The Balaban J connectivity index is 2.50. The Morgan fingerprint density at radius 2 is 1.89 bits per heavy atom. The molecule has 7 heteroatoms. The maximum absolute atomic E-state index is 11.7. The van der Waals surface area contributed by atoms with Crippen LogP contribution in [0.2, 0.25) is 5.02 Å². The first-order valence-electron chi connectivity index (χ1n) is 5.53. The van der Waals surface area contributed by atoms with E-state index < -0.39 is 39.0 Å². The number of sulfone groups is 1. The van der Waals surface area contributed by atoms with Crippen molar-refractivity contribution in [3.8, 4) is 0 Å². The van der Waals surface area contributed by atoms with Crippen LogP contribution in [-0.2, 0) is 14.6 Å². The molecule has 2 N–H and O–H groups in total. The van der Waals surface area contributed by atoms with Crippen LogP contribution in [0.25, 0.3) is 0 Å². The summed E-state index contributed by atoms with van der Waals surface area (Å²) in [5.41, 5.74) is -1.10. The molecule has 1 saturated carbocycles. The van der Waals surface area contributed by atoms with Crippen LogP contribution in [-0.4, -0.2) is 42.7 Å². The van der Waals surface area contributed by atoms with Gasteiger partial charge in [0.2, 0.25) is 0 Å². The summed E-state index contributed by atoms with van der Waals surface area (Å²) >= 11 is 5.75. The summed E-state index contributed by atoms with van der Waals surface area (Å²) in [6.45, 7) is -0.715. The zero-order chi connectivity index (χ0) is 14.4. The Morgan fingerprint density at radius 1 is 1.37 bits per heavy atom. The normalized spacial score (nSPS) is 30.1. The molecule has 3 atom stereocenters. The van der Waals surface area contributed by atoms with Crippen molar-refractivity contribution >= 4 is 27.4 Å². The number of aliphatic hydroxyl groups is 1. The van der Waals surface area contributed by atoms with Crippen LogP contribution in [0.5, 0.6) is 0 Å². The molecule has 0 radical (unpaired) electrons. The van der Waals surface area contributed by atoms with Gasteiger partial charge in [0.1, 0.15) is 5.41 Å². The highest BCUT2D eigenvalue weighted by Gasteiger charge is 2.74. The van der Waals surface area contributed by atoms with E-state index >= 15 is 0 Å². The molecule has 2 rings (SSSR count). The summed E-state index contributed by atoms with van der Waals surface area (Å²) in [5.74, 6) is -2.05. The van der Waals surface area contributed by atoms with Crippen molar-refractivity contribution in [1.82, 2.24) is 0 Å². The van der Waals surface area contributed by atoms with Crippen molar-refractivity contribution in [2.45, 2.75) is 11.2 Å². The van der Waals surface area contributed by atoms with Crippen molar-refractivity contribution in [3.63, 3.8) is 0 Å². The lowest BCUT2D eigenvalue weighted by atomic mass is 10.0. The number of rotatable bonds is 4. The monoisotopic (exact) mass is 304 g/mol. The highest BCUT2D eigenvalue weighted by Crippen LogP contribution is 2.62. The molecular weight excluding hydrogens is 292 g/mol. The number of hydrogen-bond donors (Lipinski definition) is 2. The zero-order valence-corrected chi connectivity index (χ0v) is 11.6. The number of carboxylic acids is 1. The summed E-state index contributed by atoms with van der Waals surface area (Å²) in [4.78, 5) is 11.4. The van der Waals surface area contributed by atoms with Gasteiger partial charge < -0.3 is 10.2 Å². The van der Waals surface area contributed by atoms with Gasteiger partial charge in [-0.15, -0.1) is 0 Å². The van der Waals surface area contributed by atoms with Gasteiger partial charge in [0.15, 0.2) is 9.84 Å². The van der Waals surface area contributed by atoms with Gasteiger partial charge in [-0.2, -0.15) is 0 Å². The zero-order valence-electron chi connectivity index (χ0n) is 10.1. The largest absolute Gasteiger partial charge is 0.481 e. The highest BCUT2D eigenvalue weighted by atomic mass is 35.5. The van der Waals surface area contributed by atoms with Crippen molar-refractivity contribution < 1.29 is 23.4 Å². The predicted octanol–water partition coefficient (Wildman–Crippen LogP) is 0.914. The molecule has 0 amide bonds. The third kappa shape index (κ3) is 2.13. The minimum absolute atomic E-state index is 0.477. The third-order valence-corrected chi connectivity index (χ3v) is 5.47. The lowest BCUT2D eigenvalue weighted by Crippen LogP contribution is -2.27. The molecule has 104 valence electrons. The molecule has 1 aliphatic rings. The topological polar surface area (TPSA) is 91.7 Å².